The number of halogens is 1. The molecule has 3 atom stereocenters. The second kappa shape index (κ2) is 11.1. The van der Waals surface area contributed by atoms with E-state index in [1.807, 2.05) is 12.2 Å². The zero-order valence-electron chi connectivity index (χ0n) is 16.5. The Kier molecular flexibility index (Phi) is 8.85. The lowest BCUT2D eigenvalue weighted by atomic mass is 9.92. The van der Waals surface area contributed by atoms with Crippen molar-refractivity contribution >= 4 is 23.5 Å². The number of alkyl halides is 1. The molecule has 0 aromatic carbocycles. The van der Waals surface area contributed by atoms with Gasteiger partial charge in [0.05, 0.1) is 17.7 Å². The Morgan fingerprint density at radius 1 is 1.34 bits per heavy atom. The minimum absolute atomic E-state index is 0.00644. The summed E-state index contributed by atoms with van der Waals surface area (Å²) in [6, 6.07) is 0.0193. The number of nitrogens with zero attached hydrogens (tertiary/aromatic N) is 2. The van der Waals surface area contributed by atoms with E-state index in [9.17, 15) is 14.4 Å². The molecule has 0 aliphatic heterocycles. The van der Waals surface area contributed by atoms with Crippen LogP contribution in [0.5, 0.6) is 0 Å². The van der Waals surface area contributed by atoms with Crippen LogP contribution in [0.1, 0.15) is 56.5 Å². The zero-order valence-corrected chi connectivity index (χ0v) is 17.3. The van der Waals surface area contributed by atoms with E-state index in [1.165, 1.54) is 10.6 Å². The second-order valence-corrected chi connectivity index (χ2v) is 7.76. The number of carbonyl (C=O) groups excluding carboxylic acids is 1. The Bertz CT molecular complexity index is 808. The standard InChI is InChI=1S/C20H28ClN3O5/c1-2-3-4-5-17-22-15(13-6-8-14(21)9-7-13)10-19(27)24(17)11-18(26)23-16(12-25)20(28)29/h6,8,10,13-14,16,25H,2-5,7,9,11-12H2,1H3,(H,23,26)(H,28,29). The third-order valence-corrected chi connectivity index (χ3v) is 5.28. The Balaban J connectivity index is 2.27. The van der Waals surface area contributed by atoms with Crippen molar-refractivity contribution in [2.45, 2.75) is 69.3 Å². The fourth-order valence-electron chi connectivity index (χ4n) is 3.26. The summed E-state index contributed by atoms with van der Waals surface area (Å²) in [5.74, 6) is -1.49. The number of amides is 1. The molecule has 1 aliphatic rings. The van der Waals surface area contributed by atoms with Crippen LogP contribution >= 0.6 is 11.6 Å². The SMILES string of the molecule is CCCCCc1nc(C2C=CC(Cl)CC2)cc(=O)n1CC(=O)NC(CO)C(=O)O. The van der Waals surface area contributed by atoms with Crippen LogP contribution < -0.4 is 10.9 Å². The van der Waals surface area contributed by atoms with Gasteiger partial charge in [-0.05, 0) is 19.3 Å². The summed E-state index contributed by atoms with van der Waals surface area (Å²) in [6.07, 6.45) is 8.82. The lowest BCUT2D eigenvalue weighted by molar-refractivity contribution is -0.143. The van der Waals surface area contributed by atoms with Crippen molar-refractivity contribution in [3.05, 3.63) is 40.1 Å². The number of rotatable bonds is 10. The number of aliphatic hydroxyl groups excluding tert-OH is 1. The van der Waals surface area contributed by atoms with Gasteiger partial charge in [-0.2, -0.15) is 0 Å². The number of carboxylic acid groups (broad SMARTS) is 1. The number of aliphatic hydroxyl groups is 1. The van der Waals surface area contributed by atoms with E-state index in [1.54, 1.807) is 0 Å². The Hall–Kier alpha value is -2.19. The van der Waals surface area contributed by atoms with E-state index in [-0.39, 0.29) is 23.4 Å². The van der Waals surface area contributed by atoms with Crippen LogP contribution in [0.2, 0.25) is 0 Å². The minimum atomic E-state index is -1.41. The number of nitrogens with one attached hydrogen (secondary N) is 1. The van der Waals surface area contributed by atoms with Crippen molar-refractivity contribution in [1.29, 1.82) is 0 Å². The average molecular weight is 426 g/mol. The number of hydrogen-bond donors (Lipinski definition) is 3. The smallest absolute Gasteiger partial charge is 0.328 e. The lowest BCUT2D eigenvalue weighted by Crippen LogP contribution is -2.45. The number of aliphatic carboxylic acids is 1. The van der Waals surface area contributed by atoms with E-state index in [0.717, 1.165) is 32.1 Å². The largest absolute Gasteiger partial charge is 0.480 e. The van der Waals surface area contributed by atoms with Gasteiger partial charge in [0.25, 0.3) is 5.56 Å². The fourth-order valence-corrected chi connectivity index (χ4v) is 3.47. The van der Waals surface area contributed by atoms with E-state index in [0.29, 0.717) is 17.9 Å². The molecule has 8 nitrogen and oxygen atoms in total. The van der Waals surface area contributed by atoms with E-state index < -0.39 is 24.5 Å². The first-order valence-electron chi connectivity index (χ1n) is 9.91. The summed E-state index contributed by atoms with van der Waals surface area (Å²) in [5.41, 5.74) is 0.311. The molecule has 0 saturated carbocycles. The lowest BCUT2D eigenvalue weighted by Gasteiger charge is -2.21. The molecule has 2 rings (SSSR count). The molecule has 0 spiro atoms. The van der Waals surface area contributed by atoms with Crippen LogP contribution in [0.4, 0.5) is 0 Å². The number of aryl methyl sites for hydroxylation is 1. The summed E-state index contributed by atoms with van der Waals surface area (Å²) in [5, 5.41) is 20.3. The molecule has 1 amide bonds. The molecule has 1 aliphatic carbocycles. The van der Waals surface area contributed by atoms with Crippen molar-refractivity contribution < 1.29 is 19.8 Å². The molecular weight excluding hydrogens is 398 g/mol. The predicted octanol–water partition coefficient (Wildman–Crippen LogP) is 1.58. The van der Waals surface area contributed by atoms with Gasteiger partial charge in [0, 0.05) is 18.4 Å². The number of carbonyl (C=O) groups is 2. The van der Waals surface area contributed by atoms with E-state index in [2.05, 4.69) is 17.2 Å². The van der Waals surface area contributed by atoms with Gasteiger partial charge in [-0.15, -0.1) is 11.6 Å². The maximum absolute atomic E-state index is 12.8. The van der Waals surface area contributed by atoms with Crippen molar-refractivity contribution in [3.63, 3.8) is 0 Å². The van der Waals surface area contributed by atoms with Crippen molar-refractivity contribution in [2.24, 2.45) is 0 Å². The molecule has 1 heterocycles. The molecule has 1 aromatic heterocycles. The number of hydrogen-bond acceptors (Lipinski definition) is 5. The first-order chi connectivity index (χ1) is 13.8. The number of carboxylic acids is 1. The van der Waals surface area contributed by atoms with Gasteiger partial charge in [-0.3, -0.25) is 14.2 Å². The molecule has 0 fully saturated rings. The van der Waals surface area contributed by atoms with Gasteiger partial charge in [0.2, 0.25) is 5.91 Å². The molecule has 3 N–H and O–H groups in total. The minimum Gasteiger partial charge on any atom is -0.480 e. The first-order valence-corrected chi connectivity index (χ1v) is 10.3. The Labute approximate surface area is 174 Å². The third-order valence-electron chi connectivity index (χ3n) is 4.91. The normalized spacial score (nSPS) is 19.7. The highest BCUT2D eigenvalue weighted by Crippen LogP contribution is 2.28. The topological polar surface area (TPSA) is 122 Å². The summed E-state index contributed by atoms with van der Waals surface area (Å²) >= 11 is 6.10. The average Bonchev–Trinajstić information content (AvgIpc) is 2.68. The van der Waals surface area contributed by atoms with Crippen LogP contribution in [-0.2, 0) is 22.6 Å². The van der Waals surface area contributed by atoms with Gasteiger partial charge < -0.3 is 15.5 Å². The van der Waals surface area contributed by atoms with Gasteiger partial charge >= 0.3 is 5.97 Å². The molecule has 0 radical (unpaired) electrons. The first kappa shape index (κ1) is 23.1. The second-order valence-electron chi connectivity index (χ2n) is 7.20. The molecule has 9 heteroatoms. The van der Waals surface area contributed by atoms with Gasteiger partial charge in [0.1, 0.15) is 18.4 Å². The quantitative estimate of drug-likeness (QED) is 0.297. The van der Waals surface area contributed by atoms with Gasteiger partial charge in [0.15, 0.2) is 0 Å². The van der Waals surface area contributed by atoms with Crippen LogP contribution in [0.3, 0.4) is 0 Å². The van der Waals surface area contributed by atoms with Crippen LogP contribution in [0.15, 0.2) is 23.0 Å². The van der Waals surface area contributed by atoms with Crippen LogP contribution in [0, 0.1) is 0 Å². The number of unbranched alkanes of at least 4 members (excludes halogenated alkanes) is 2. The summed E-state index contributed by atoms with van der Waals surface area (Å²) in [6.45, 7) is 0.994. The highest BCUT2D eigenvalue weighted by Gasteiger charge is 2.22. The molecular formula is C20H28ClN3O5. The summed E-state index contributed by atoms with van der Waals surface area (Å²) in [7, 11) is 0. The van der Waals surface area contributed by atoms with Crippen molar-refractivity contribution in [3.8, 4) is 0 Å². The fraction of sp³-hybridized carbons (Fsp3) is 0.600. The maximum atomic E-state index is 12.8. The van der Waals surface area contributed by atoms with Crippen molar-refractivity contribution in [2.75, 3.05) is 6.61 Å². The highest BCUT2D eigenvalue weighted by molar-refractivity contribution is 6.21. The number of aromatic nitrogens is 2. The zero-order chi connectivity index (χ0) is 21.4. The Morgan fingerprint density at radius 2 is 2.10 bits per heavy atom. The van der Waals surface area contributed by atoms with E-state index in [4.69, 9.17) is 21.8 Å². The number of allylic oxidation sites excluding steroid dienone is 2. The van der Waals surface area contributed by atoms with Crippen LogP contribution in [-0.4, -0.2) is 49.7 Å². The molecule has 0 saturated heterocycles. The van der Waals surface area contributed by atoms with E-state index >= 15 is 0 Å². The molecule has 1 aromatic rings. The molecule has 3 unspecified atom stereocenters. The summed E-state index contributed by atoms with van der Waals surface area (Å²) in [4.78, 5) is 40.7. The van der Waals surface area contributed by atoms with Crippen LogP contribution in [0.25, 0.3) is 0 Å². The van der Waals surface area contributed by atoms with Gasteiger partial charge in [-0.25, -0.2) is 9.78 Å². The Morgan fingerprint density at radius 3 is 2.69 bits per heavy atom. The summed E-state index contributed by atoms with van der Waals surface area (Å²) < 4.78 is 1.28. The molecule has 0 bridgehead atoms. The van der Waals surface area contributed by atoms with Crippen molar-refractivity contribution in [1.82, 2.24) is 14.9 Å². The molecule has 29 heavy (non-hydrogen) atoms. The predicted molar refractivity (Wildman–Crippen MR) is 109 cm³/mol. The highest BCUT2D eigenvalue weighted by atomic mass is 35.5. The van der Waals surface area contributed by atoms with Gasteiger partial charge in [-0.1, -0.05) is 31.9 Å². The third kappa shape index (κ3) is 6.68. The molecule has 160 valence electrons. The monoisotopic (exact) mass is 425 g/mol. The maximum Gasteiger partial charge on any atom is 0.328 e.